The first-order valence-electron chi connectivity index (χ1n) is 31.4. The molecule has 0 saturated carbocycles. The van der Waals surface area contributed by atoms with Gasteiger partial charge in [0.2, 0.25) is 0 Å². The third-order valence-corrected chi connectivity index (χ3v) is 13.7. The van der Waals surface area contributed by atoms with E-state index in [1.54, 1.807) is 0 Å². The number of allylic oxidation sites excluding steroid dienone is 12. The van der Waals surface area contributed by atoms with Crippen molar-refractivity contribution in [3.8, 4) is 0 Å². The van der Waals surface area contributed by atoms with Gasteiger partial charge in [-0.1, -0.05) is 286 Å². The smallest absolute Gasteiger partial charge is 0.306 e. The lowest BCUT2D eigenvalue weighted by molar-refractivity contribution is -0.167. The number of ether oxygens (including phenoxy) is 3. The minimum Gasteiger partial charge on any atom is -0.462 e. The maximum atomic E-state index is 12.9. The maximum Gasteiger partial charge on any atom is 0.306 e. The number of rotatable bonds is 57. The van der Waals surface area contributed by atoms with E-state index in [1.165, 1.54) is 180 Å². The van der Waals surface area contributed by atoms with Gasteiger partial charge in [-0.05, 0) is 83.5 Å². The summed E-state index contributed by atoms with van der Waals surface area (Å²) < 4.78 is 16.9. The van der Waals surface area contributed by atoms with Gasteiger partial charge in [-0.25, -0.2) is 0 Å². The molecule has 6 nitrogen and oxygen atoms in total. The van der Waals surface area contributed by atoms with E-state index in [4.69, 9.17) is 14.2 Å². The van der Waals surface area contributed by atoms with Crippen LogP contribution in [0.15, 0.2) is 72.9 Å². The molecule has 0 radical (unpaired) electrons. The molecule has 0 aromatic carbocycles. The first-order valence-corrected chi connectivity index (χ1v) is 31.4. The summed E-state index contributed by atoms with van der Waals surface area (Å²) >= 11 is 0. The second kappa shape index (κ2) is 61.4. The van der Waals surface area contributed by atoms with Gasteiger partial charge >= 0.3 is 17.9 Å². The van der Waals surface area contributed by atoms with E-state index in [0.717, 1.165) is 96.3 Å². The Morgan fingerprint density at radius 3 is 0.890 bits per heavy atom. The highest BCUT2D eigenvalue weighted by molar-refractivity contribution is 5.71. The average Bonchev–Trinajstić information content (AvgIpc) is 3.39. The summed E-state index contributed by atoms with van der Waals surface area (Å²) in [5.41, 5.74) is 0. The molecule has 0 aromatic heterocycles. The van der Waals surface area contributed by atoms with E-state index < -0.39 is 6.10 Å². The Balaban J connectivity index is 4.23. The third kappa shape index (κ3) is 59.6. The molecule has 0 aromatic rings. The minimum absolute atomic E-state index is 0.0762. The van der Waals surface area contributed by atoms with Crippen LogP contribution in [-0.2, 0) is 28.6 Å². The van der Waals surface area contributed by atoms with Crippen molar-refractivity contribution in [1.29, 1.82) is 0 Å². The van der Waals surface area contributed by atoms with Gasteiger partial charge in [-0.2, -0.15) is 0 Å². The van der Waals surface area contributed by atoms with Gasteiger partial charge in [0.05, 0.1) is 0 Å². The molecule has 6 heteroatoms. The van der Waals surface area contributed by atoms with Crippen molar-refractivity contribution in [2.75, 3.05) is 13.2 Å². The Morgan fingerprint density at radius 2 is 0.548 bits per heavy atom. The van der Waals surface area contributed by atoms with Crippen LogP contribution < -0.4 is 0 Å². The Bertz CT molecular complexity index is 1360. The van der Waals surface area contributed by atoms with Crippen LogP contribution in [0.2, 0.25) is 0 Å². The molecule has 0 spiro atoms. The van der Waals surface area contributed by atoms with Gasteiger partial charge in [-0.3, -0.25) is 14.4 Å². The second-order valence-electron chi connectivity index (χ2n) is 20.9. The first-order chi connectivity index (χ1) is 36.0. The van der Waals surface area contributed by atoms with Crippen molar-refractivity contribution >= 4 is 17.9 Å². The normalized spacial score (nSPS) is 12.5. The van der Waals surface area contributed by atoms with Gasteiger partial charge in [-0.15, -0.1) is 0 Å². The summed E-state index contributed by atoms with van der Waals surface area (Å²) in [4.78, 5) is 38.2. The van der Waals surface area contributed by atoms with Crippen LogP contribution in [0.1, 0.15) is 316 Å². The number of carbonyl (C=O) groups excluding carboxylic acids is 3. The van der Waals surface area contributed by atoms with E-state index >= 15 is 0 Å². The Kier molecular flexibility index (Phi) is 58.7. The molecule has 0 rings (SSSR count). The van der Waals surface area contributed by atoms with Crippen molar-refractivity contribution in [3.63, 3.8) is 0 Å². The molecule has 0 fully saturated rings. The molecule has 0 aliphatic heterocycles. The van der Waals surface area contributed by atoms with E-state index in [-0.39, 0.29) is 31.1 Å². The predicted molar refractivity (Wildman–Crippen MR) is 316 cm³/mol. The standard InChI is InChI=1S/C67H118O6/c1-4-7-10-13-16-19-22-24-26-28-29-30-31-32-33-34-35-36-37-39-40-42-45-48-51-54-57-60-66(69)72-63-64(62-71-65(68)59-56-53-50-47-44-21-18-15-12-9-6-3)73-67(70)61-58-55-52-49-46-43-41-38-27-25-23-20-17-14-11-8-5-2/h7,10,15-16,18-19,24,26,29-30,32-33,64H,4-6,8-9,11-14,17,20-23,25,27-28,31,34-63H2,1-3H3/b10-7-,18-15-,19-16-,26-24-,30-29-,33-32-. The quantitative estimate of drug-likeness (QED) is 0.0261. The zero-order valence-electron chi connectivity index (χ0n) is 48.4. The van der Waals surface area contributed by atoms with Gasteiger partial charge in [0.1, 0.15) is 13.2 Å². The van der Waals surface area contributed by atoms with Crippen molar-refractivity contribution in [1.82, 2.24) is 0 Å². The van der Waals surface area contributed by atoms with Gasteiger partial charge in [0.25, 0.3) is 0 Å². The zero-order valence-corrected chi connectivity index (χ0v) is 48.4. The Labute approximate surface area is 453 Å². The number of hydrogen-bond donors (Lipinski definition) is 0. The molecular formula is C67H118O6. The first kappa shape index (κ1) is 69.8. The fourth-order valence-corrected chi connectivity index (χ4v) is 8.98. The summed E-state index contributed by atoms with van der Waals surface area (Å²) in [7, 11) is 0. The van der Waals surface area contributed by atoms with Crippen LogP contribution in [0.4, 0.5) is 0 Å². The molecule has 0 aliphatic carbocycles. The summed E-state index contributed by atoms with van der Waals surface area (Å²) in [6.07, 6.45) is 79.1. The van der Waals surface area contributed by atoms with Crippen LogP contribution >= 0.6 is 0 Å². The molecule has 0 saturated heterocycles. The molecule has 0 N–H and O–H groups in total. The van der Waals surface area contributed by atoms with Crippen molar-refractivity contribution in [2.45, 2.75) is 322 Å². The van der Waals surface area contributed by atoms with Crippen LogP contribution in [-0.4, -0.2) is 37.2 Å². The molecule has 1 atom stereocenters. The zero-order chi connectivity index (χ0) is 52.9. The monoisotopic (exact) mass is 1020 g/mol. The Hall–Kier alpha value is -3.15. The highest BCUT2D eigenvalue weighted by Gasteiger charge is 2.19. The molecule has 0 heterocycles. The van der Waals surface area contributed by atoms with Gasteiger partial charge < -0.3 is 14.2 Å². The fraction of sp³-hybridized carbons (Fsp3) is 0.776. The molecular weight excluding hydrogens is 901 g/mol. The molecule has 0 bridgehead atoms. The molecule has 0 amide bonds. The highest BCUT2D eigenvalue weighted by atomic mass is 16.6. The molecule has 422 valence electrons. The topological polar surface area (TPSA) is 78.9 Å². The molecule has 73 heavy (non-hydrogen) atoms. The second-order valence-corrected chi connectivity index (χ2v) is 20.9. The van der Waals surface area contributed by atoms with E-state index in [0.29, 0.717) is 19.3 Å². The highest BCUT2D eigenvalue weighted by Crippen LogP contribution is 2.17. The lowest BCUT2D eigenvalue weighted by atomic mass is 10.0. The predicted octanol–water partition coefficient (Wildman–Crippen LogP) is 21.3. The molecule has 1 unspecified atom stereocenters. The number of carbonyl (C=O) groups is 3. The van der Waals surface area contributed by atoms with Crippen molar-refractivity contribution < 1.29 is 28.6 Å². The van der Waals surface area contributed by atoms with Crippen molar-refractivity contribution in [3.05, 3.63) is 72.9 Å². The number of esters is 3. The molecule has 0 aliphatic rings. The SMILES string of the molecule is CC/C=C\C/C=C\C/C=C\C/C=C\C/C=C\CCCCCCCCCCCCCC(=O)OCC(COC(=O)CCCCCCC/C=C\CCCC)OC(=O)CCCCCCCCCCCCCCCCCCC. The van der Waals surface area contributed by atoms with E-state index in [2.05, 4.69) is 93.7 Å². The van der Waals surface area contributed by atoms with E-state index in [1.807, 2.05) is 0 Å². The van der Waals surface area contributed by atoms with Crippen LogP contribution in [0.5, 0.6) is 0 Å². The van der Waals surface area contributed by atoms with Gasteiger partial charge in [0, 0.05) is 19.3 Å². The summed E-state index contributed by atoms with van der Waals surface area (Å²) in [5, 5.41) is 0. The summed E-state index contributed by atoms with van der Waals surface area (Å²) in [5.74, 6) is -0.874. The summed E-state index contributed by atoms with van der Waals surface area (Å²) in [6, 6.07) is 0. The summed E-state index contributed by atoms with van der Waals surface area (Å²) in [6.45, 7) is 6.52. The van der Waals surface area contributed by atoms with Crippen molar-refractivity contribution in [2.24, 2.45) is 0 Å². The lowest BCUT2D eigenvalue weighted by Crippen LogP contribution is -2.30. The number of unbranched alkanes of at least 4 members (excludes halogenated alkanes) is 34. The van der Waals surface area contributed by atoms with Crippen LogP contribution in [0, 0.1) is 0 Å². The third-order valence-electron chi connectivity index (χ3n) is 13.7. The van der Waals surface area contributed by atoms with Crippen LogP contribution in [0.3, 0.4) is 0 Å². The fourth-order valence-electron chi connectivity index (χ4n) is 8.98. The largest absolute Gasteiger partial charge is 0.462 e. The Morgan fingerprint density at radius 1 is 0.288 bits per heavy atom. The van der Waals surface area contributed by atoms with Crippen LogP contribution in [0.25, 0.3) is 0 Å². The van der Waals surface area contributed by atoms with E-state index in [9.17, 15) is 14.4 Å². The lowest BCUT2D eigenvalue weighted by Gasteiger charge is -2.18. The van der Waals surface area contributed by atoms with Gasteiger partial charge in [0.15, 0.2) is 6.10 Å². The minimum atomic E-state index is -0.777. The number of hydrogen-bond acceptors (Lipinski definition) is 6. The average molecular weight is 1020 g/mol. The maximum absolute atomic E-state index is 12.9.